The minimum atomic E-state index is -0.970. The Hall–Kier alpha value is -4.12. The van der Waals surface area contributed by atoms with Gasteiger partial charge < -0.3 is 14.8 Å². The van der Waals surface area contributed by atoms with Crippen LogP contribution in [0.3, 0.4) is 0 Å². The highest BCUT2D eigenvalue weighted by Gasteiger charge is 2.43. The molecule has 0 saturated carbocycles. The molecule has 1 fully saturated rings. The number of hydrogen-bond donors (Lipinski definition) is 1. The van der Waals surface area contributed by atoms with Crippen LogP contribution in [0.4, 0.5) is 14.5 Å². The lowest BCUT2D eigenvalue weighted by Gasteiger charge is -2.32. The minimum Gasteiger partial charge on any atom is -0.466 e. The zero-order valence-corrected chi connectivity index (χ0v) is 22.0. The molecule has 2 heterocycles. The van der Waals surface area contributed by atoms with Gasteiger partial charge in [-0.1, -0.05) is 12.1 Å². The molecule has 2 aromatic rings. The molecule has 0 unspecified atom stereocenters. The number of rotatable bonds is 7. The number of nitrogens with zero attached hydrogens (tertiary/aromatic N) is 2. The fourth-order valence-corrected chi connectivity index (χ4v) is 5.28. The molecular weight excluding hydrogens is 512 g/mol. The average Bonchev–Trinajstić information content (AvgIpc) is 3.21. The van der Waals surface area contributed by atoms with Gasteiger partial charge in [-0.15, -0.1) is 0 Å². The zero-order chi connectivity index (χ0) is 28.5. The van der Waals surface area contributed by atoms with Gasteiger partial charge >= 0.3 is 11.9 Å². The molecule has 2 atom stereocenters. The highest BCUT2D eigenvalue weighted by Crippen LogP contribution is 2.41. The number of carbonyl (C=O) groups is 2. The average molecular weight is 542 g/mol. The Morgan fingerprint density at radius 2 is 1.74 bits per heavy atom. The Kier molecular flexibility index (Phi) is 7.82. The Morgan fingerprint density at radius 1 is 1.10 bits per heavy atom. The van der Waals surface area contributed by atoms with E-state index in [2.05, 4.69) is 5.32 Å². The first kappa shape index (κ1) is 27.9. The molecule has 4 rings (SSSR count). The van der Waals surface area contributed by atoms with E-state index in [0.29, 0.717) is 42.0 Å². The number of halogens is 2. The van der Waals surface area contributed by atoms with E-state index in [1.54, 1.807) is 26.8 Å². The third kappa shape index (κ3) is 5.98. The van der Waals surface area contributed by atoms with E-state index in [1.165, 1.54) is 37.4 Å². The summed E-state index contributed by atoms with van der Waals surface area (Å²) < 4.78 is 38.3. The smallest absolute Gasteiger partial charge is 0.337 e. The molecule has 39 heavy (non-hydrogen) atoms. The van der Waals surface area contributed by atoms with Crippen LogP contribution in [0, 0.1) is 21.7 Å². The number of methoxy groups -OCH3 is 1. The summed E-state index contributed by atoms with van der Waals surface area (Å²) in [6.07, 6.45) is 0.469. The number of hydrogen-bond acceptors (Lipinski definition) is 8. The van der Waals surface area contributed by atoms with Gasteiger partial charge in [0.25, 0.3) is 5.69 Å². The number of non-ortho nitro benzene ring substituents is 1. The van der Waals surface area contributed by atoms with Crippen molar-refractivity contribution in [3.8, 4) is 0 Å². The Morgan fingerprint density at radius 3 is 2.36 bits per heavy atom. The van der Waals surface area contributed by atoms with Crippen LogP contribution in [-0.2, 0) is 25.6 Å². The zero-order valence-electron chi connectivity index (χ0n) is 22.0. The van der Waals surface area contributed by atoms with Crippen molar-refractivity contribution in [3.05, 3.63) is 97.9 Å². The maximum absolute atomic E-state index is 13.7. The largest absolute Gasteiger partial charge is 0.466 e. The summed E-state index contributed by atoms with van der Waals surface area (Å²) in [5, 5.41) is 14.5. The first-order valence-electron chi connectivity index (χ1n) is 12.3. The van der Waals surface area contributed by atoms with E-state index < -0.39 is 40.0 Å². The molecule has 1 saturated heterocycles. The van der Waals surface area contributed by atoms with Gasteiger partial charge in [0.2, 0.25) is 0 Å². The lowest BCUT2D eigenvalue weighted by Crippen LogP contribution is -2.39. The third-order valence-electron chi connectivity index (χ3n) is 6.98. The topological polar surface area (TPSA) is 111 Å². The van der Waals surface area contributed by atoms with Gasteiger partial charge in [0.05, 0.1) is 29.1 Å². The number of allylic oxidation sites excluding steroid dienone is 2. The number of likely N-dealkylation sites (tertiary alicyclic amines) is 1. The van der Waals surface area contributed by atoms with Crippen LogP contribution >= 0.6 is 0 Å². The molecule has 206 valence electrons. The molecule has 0 spiro atoms. The summed E-state index contributed by atoms with van der Waals surface area (Å²) in [5.41, 5.74) is 0.879. The number of esters is 2. The molecule has 0 aromatic heterocycles. The highest BCUT2D eigenvalue weighted by molar-refractivity contribution is 6.00. The molecule has 2 aliphatic heterocycles. The monoisotopic (exact) mass is 541 g/mol. The van der Waals surface area contributed by atoms with E-state index in [0.717, 1.165) is 6.07 Å². The second-order valence-electron chi connectivity index (χ2n) is 10.1. The molecule has 1 N–H and O–H groups in total. The Labute approximate surface area is 224 Å². The Balaban J connectivity index is 1.62. The van der Waals surface area contributed by atoms with E-state index in [4.69, 9.17) is 9.47 Å². The lowest BCUT2D eigenvalue weighted by atomic mass is 9.80. The molecule has 9 nitrogen and oxygen atoms in total. The van der Waals surface area contributed by atoms with Crippen LogP contribution in [0.15, 0.2) is 65.0 Å². The van der Waals surface area contributed by atoms with Crippen LogP contribution < -0.4 is 5.32 Å². The van der Waals surface area contributed by atoms with Gasteiger partial charge in [0.15, 0.2) is 0 Å². The van der Waals surface area contributed by atoms with Crippen molar-refractivity contribution in [2.75, 3.05) is 20.2 Å². The first-order chi connectivity index (χ1) is 18.4. The van der Waals surface area contributed by atoms with E-state index >= 15 is 0 Å². The van der Waals surface area contributed by atoms with E-state index in [1.807, 2.05) is 4.90 Å². The summed E-state index contributed by atoms with van der Waals surface area (Å²) in [6, 6.07) is 9.08. The van der Waals surface area contributed by atoms with Crippen LogP contribution in [0.1, 0.15) is 44.2 Å². The number of nitro groups is 1. The van der Waals surface area contributed by atoms with Gasteiger partial charge in [-0.05, 0) is 44.0 Å². The Bertz CT molecular complexity index is 1390. The summed E-state index contributed by atoms with van der Waals surface area (Å²) in [6.45, 7) is 6.22. The van der Waals surface area contributed by atoms with Crippen molar-refractivity contribution < 1.29 is 32.8 Å². The van der Waals surface area contributed by atoms with Crippen molar-refractivity contribution in [1.82, 2.24) is 10.2 Å². The minimum absolute atomic E-state index is 0.133. The van der Waals surface area contributed by atoms with Crippen LogP contribution in [-0.4, -0.2) is 47.6 Å². The SMILES string of the molecule is COC(=O)C1=C(C)NC(C)=C(C(=O)O[C@]2(C)CCN(Cc3cc(F)cc(F)c3)C2)[C@H]1c1cccc([N+](=O)[O-])c1. The fraction of sp³-hybridized carbons (Fsp3) is 0.357. The van der Waals surface area contributed by atoms with E-state index in [-0.39, 0.29) is 23.4 Å². The number of carbonyl (C=O) groups excluding carboxylic acids is 2. The maximum Gasteiger partial charge on any atom is 0.337 e. The van der Waals surface area contributed by atoms with Crippen molar-refractivity contribution in [3.63, 3.8) is 0 Å². The predicted octanol–water partition coefficient (Wildman–Crippen LogP) is 4.49. The first-order valence-corrected chi connectivity index (χ1v) is 12.3. The number of nitrogens with one attached hydrogen (secondary N) is 1. The molecule has 0 radical (unpaired) electrons. The second-order valence-corrected chi connectivity index (χ2v) is 10.1. The van der Waals surface area contributed by atoms with Crippen molar-refractivity contribution in [2.24, 2.45) is 0 Å². The predicted molar refractivity (Wildman–Crippen MR) is 137 cm³/mol. The standard InChI is InChI=1S/C28H29F2N3O6/c1-16-23(26(34)38-4)25(19-6-5-7-22(12-19)33(36)37)24(17(2)31-16)27(35)39-28(3)8-9-32(15-28)14-18-10-20(29)13-21(30)11-18/h5-7,10-13,25,31H,8-9,14-15H2,1-4H3/t25-,28+/m0/s1. The van der Waals surface area contributed by atoms with Crippen LogP contribution in [0.2, 0.25) is 0 Å². The van der Waals surface area contributed by atoms with Gasteiger partial charge in [-0.3, -0.25) is 15.0 Å². The van der Waals surface area contributed by atoms with Crippen molar-refractivity contribution in [1.29, 1.82) is 0 Å². The summed E-state index contributed by atoms with van der Waals surface area (Å²) in [7, 11) is 1.22. The van der Waals surface area contributed by atoms with Gasteiger partial charge in [0, 0.05) is 55.6 Å². The number of ether oxygens (including phenoxy) is 2. The third-order valence-corrected chi connectivity index (χ3v) is 6.98. The molecule has 0 bridgehead atoms. The molecule has 0 amide bonds. The van der Waals surface area contributed by atoms with Crippen LogP contribution in [0.5, 0.6) is 0 Å². The maximum atomic E-state index is 13.7. The molecule has 0 aliphatic carbocycles. The highest BCUT2D eigenvalue weighted by atomic mass is 19.1. The molecular formula is C28H29F2N3O6. The molecule has 2 aliphatic rings. The molecule has 11 heteroatoms. The van der Waals surface area contributed by atoms with Gasteiger partial charge in [-0.25, -0.2) is 18.4 Å². The van der Waals surface area contributed by atoms with Crippen LogP contribution in [0.25, 0.3) is 0 Å². The van der Waals surface area contributed by atoms with Crippen molar-refractivity contribution in [2.45, 2.75) is 45.3 Å². The summed E-state index contributed by atoms with van der Waals surface area (Å²) in [5.74, 6) is -3.67. The van der Waals surface area contributed by atoms with E-state index in [9.17, 15) is 28.5 Å². The summed E-state index contributed by atoms with van der Waals surface area (Å²) >= 11 is 0. The number of dihydropyridines is 1. The quantitative estimate of drug-likeness (QED) is 0.310. The van der Waals surface area contributed by atoms with Crippen molar-refractivity contribution >= 4 is 17.6 Å². The number of benzene rings is 2. The summed E-state index contributed by atoms with van der Waals surface area (Å²) in [4.78, 5) is 39.4. The fourth-order valence-electron chi connectivity index (χ4n) is 5.28. The lowest BCUT2D eigenvalue weighted by molar-refractivity contribution is -0.384. The van der Waals surface area contributed by atoms with Gasteiger partial charge in [-0.2, -0.15) is 0 Å². The number of nitro benzene ring substituents is 1. The molecule has 2 aromatic carbocycles. The normalized spacial score (nSPS) is 21.5. The second kappa shape index (κ2) is 10.9. The van der Waals surface area contributed by atoms with Gasteiger partial charge in [0.1, 0.15) is 17.2 Å².